The highest BCUT2D eigenvalue weighted by atomic mass is 35.5. The molecule has 1 saturated carbocycles. The molecule has 114 valence electrons. The van der Waals surface area contributed by atoms with Gasteiger partial charge in [0.25, 0.3) is 5.91 Å². The van der Waals surface area contributed by atoms with Crippen LogP contribution in [0.4, 0.5) is 5.69 Å². The zero-order valence-electron chi connectivity index (χ0n) is 12.2. The summed E-state index contributed by atoms with van der Waals surface area (Å²) in [5, 5.41) is 3.14. The molecule has 2 rings (SSSR count). The molecule has 0 saturated heterocycles. The lowest BCUT2D eigenvalue weighted by molar-refractivity contribution is -0.116. The van der Waals surface area contributed by atoms with Crippen molar-refractivity contribution >= 4 is 29.1 Å². The molecule has 6 heteroatoms. The molecule has 1 aliphatic carbocycles. The highest BCUT2D eigenvalue weighted by Gasteiger charge is 2.29. The van der Waals surface area contributed by atoms with E-state index in [1.165, 1.54) is 4.90 Å². The normalized spacial score (nSPS) is 15.4. The number of nitrogens with zero attached hydrogens (tertiary/aromatic N) is 1. The third-order valence-electron chi connectivity index (χ3n) is 3.54. The number of nitrogens with one attached hydrogen (secondary N) is 1. The van der Waals surface area contributed by atoms with Gasteiger partial charge in [-0.1, -0.05) is 11.6 Å². The number of rotatable bonds is 5. The van der Waals surface area contributed by atoms with Gasteiger partial charge in [0.1, 0.15) is 0 Å². The van der Waals surface area contributed by atoms with Crippen molar-refractivity contribution in [3.8, 4) is 0 Å². The third kappa shape index (κ3) is 4.19. The van der Waals surface area contributed by atoms with Gasteiger partial charge >= 0.3 is 0 Å². The Morgan fingerprint density at radius 1 is 1.43 bits per heavy atom. The molecule has 0 aromatic heterocycles. The van der Waals surface area contributed by atoms with Crippen LogP contribution in [0.5, 0.6) is 0 Å². The lowest BCUT2D eigenvalue weighted by Crippen LogP contribution is -2.29. The second-order valence-electron chi connectivity index (χ2n) is 5.65. The predicted octanol–water partition coefficient (Wildman–Crippen LogP) is 2.11. The van der Waals surface area contributed by atoms with Gasteiger partial charge in [0, 0.05) is 32.1 Å². The molecule has 1 atom stereocenters. The standard InChI is InChI=1S/C15H20ClN3O2/c1-19(2)15(21)10-5-6-11(16)13(7-10)18-14(20)8-12(17)9-3-4-9/h5-7,9,12H,3-4,8,17H2,1-2H3,(H,18,20). The Labute approximate surface area is 129 Å². The summed E-state index contributed by atoms with van der Waals surface area (Å²) in [4.78, 5) is 25.4. The van der Waals surface area contributed by atoms with Crippen molar-refractivity contribution < 1.29 is 9.59 Å². The number of amides is 2. The van der Waals surface area contributed by atoms with Crippen molar-refractivity contribution in [2.45, 2.75) is 25.3 Å². The summed E-state index contributed by atoms with van der Waals surface area (Å²) in [5.74, 6) is 0.149. The summed E-state index contributed by atoms with van der Waals surface area (Å²) in [6.45, 7) is 0. The maximum atomic E-state index is 12.0. The molecule has 2 amide bonds. The molecule has 3 N–H and O–H groups in total. The quantitative estimate of drug-likeness (QED) is 0.874. The first-order chi connectivity index (χ1) is 9.88. The Morgan fingerprint density at radius 3 is 2.67 bits per heavy atom. The maximum absolute atomic E-state index is 12.0. The van der Waals surface area contributed by atoms with Crippen molar-refractivity contribution in [2.75, 3.05) is 19.4 Å². The summed E-state index contributed by atoms with van der Waals surface area (Å²) < 4.78 is 0. The highest BCUT2D eigenvalue weighted by Crippen LogP contribution is 2.33. The molecule has 0 aliphatic heterocycles. The van der Waals surface area contributed by atoms with Gasteiger partial charge in [-0.15, -0.1) is 0 Å². The smallest absolute Gasteiger partial charge is 0.253 e. The molecule has 1 fully saturated rings. The van der Waals surface area contributed by atoms with Gasteiger partial charge < -0.3 is 16.0 Å². The molecular weight excluding hydrogens is 290 g/mol. The molecule has 1 aromatic carbocycles. The number of halogens is 1. The first kappa shape index (κ1) is 15.8. The Morgan fingerprint density at radius 2 is 2.10 bits per heavy atom. The van der Waals surface area contributed by atoms with E-state index < -0.39 is 0 Å². The van der Waals surface area contributed by atoms with Crippen LogP contribution in [0.1, 0.15) is 29.6 Å². The molecule has 1 unspecified atom stereocenters. The fraction of sp³-hybridized carbons (Fsp3) is 0.467. The van der Waals surface area contributed by atoms with E-state index >= 15 is 0 Å². The molecule has 0 radical (unpaired) electrons. The van der Waals surface area contributed by atoms with Crippen LogP contribution in [0.15, 0.2) is 18.2 Å². The van der Waals surface area contributed by atoms with Gasteiger partial charge in [0.15, 0.2) is 0 Å². The third-order valence-corrected chi connectivity index (χ3v) is 3.87. The topological polar surface area (TPSA) is 75.4 Å². The second-order valence-corrected chi connectivity index (χ2v) is 6.05. The summed E-state index contributed by atoms with van der Waals surface area (Å²) in [7, 11) is 3.34. The van der Waals surface area contributed by atoms with E-state index in [0.717, 1.165) is 12.8 Å². The van der Waals surface area contributed by atoms with Crippen molar-refractivity contribution in [3.63, 3.8) is 0 Å². The molecule has 1 aromatic rings. The SMILES string of the molecule is CN(C)C(=O)c1ccc(Cl)c(NC(=O)CC(N)C2CC2)c1. The van der Waals surface area contributed by atoms with E-state index in [0.29, 0.717) is 22.2 Å². The Bertz CT molecular complexity index is 556. The van der Waals surface area contributed by atoms with E-state index in [1.54, 1.807) is 32.3 Å². The fourth-order valence-corrected chi connectivity index (χ4v) is 2.28. The van der Waals surface area contributed by atoms with Crippen molar-refractivity contribution in [1.82, 2.24) is 4.90 Å². The molecule has 5 nitrogen and oxygen atoms in total. The first-order valence-corrected chi connectivity index (χ1v) is 7.33. The number of nitrogens with two attached hydrogens (primary N) is 1. The Hall–Kier alpha value is -1.59. The number of anilines is 1. The van der Waals surface area contributed by atoms with Crippen LogP contribution in [-0.2, 0) is 4.79 Å². The first-order valence-electron chi connectivity index (χ1n) is 6.95. The van der Waals surface area contributed by atoms with E-state index in [-0.39, 0.29) is 24.3 Å². The Balaban J connectivity index is 2.05. The van der Waals surface area contributed by atoms with Gasteiger partial charge in [0.2, 0.25) is 5.91 Å². The van der Waals surface area contributed by atoms with Crippen LogP contribution < -0.4 is 11.1 Å². The average Bonchev–Trinajstić information content (AvgIpc) is 3.24. The van der Waals surface area contributed by atoms with Gasteiger partial charge in [-0.25, -0.2) is 0 Å². The van der Waals surface area contributed by atoms with E-state index in [2.05, 4.69) is 5.32 Å². The Kier molecular flexibility index (Phi) is 4.85. The van der Waals surface area contributed by atoms with Gasteiger partial charge in [-0.2, -0.15) is 0 Å². The van der Waals surface area contributed by atoms with Crippen molar-refractivity contribution in [2.24, 2.45) is 11.7 Å². The van der Waals surface area contributed by atoms with Gasteiger partial charge in [-0.3, -0.25) is 9.59 Å². The minimum atomic E-state index is -0.175. The number of carbonyl (C=O) groups is 2. The van der Waals surface area contributed by atoms with Gasteiger partial charge in [0.05, 0.1) is 10.7 Å². The minimum absolute atomic E-state index is 0.102. The van der Waals surface area contributed by atoms with E-state index in [1.807, 2.05) is 0 Å². The van der Waals surface area contributed by atoms with Crippen LogP contribution in [-0.4, -0.2) is 36.9 Å². The number of benzene rings is 1. The van der Waals surface area contributed by atoms with Crippen molar-refractivity contribution in [1.29, 1.82) is 0 Å². The van der Waals surface area contributed by atoms with Crippen LogP contribution >= 0.6 is 11.6 Å². The molecular formula is C15H20ClN3O2. The molecule has 0 heterocycles. The summed E-state index contributed by atoms with van der Waals surface area (Å²) in [5.41, 5.74) is 6.85. The molecule has 1 aliphatic rings. The van der Waals surface area contributed by atoms with E-state index in [9.17, 15) is 9.59 Å². The molecule has 21 heavy (non-hydrogen) atoms. The lowest BCUT2D eigenvalue weighted by atomic mass is 10.1. The summed E-state index contributed by atoms with van der Waals surface area (Å²) in [6, 6.07) is 4.73. The summed E-state index contributed by atoms with van der Waals surface area (Å²) >= 11 is 6.07. The highest BCUT2D eigenvalue weighted by molar-refractivity contribution is 6.33. The second kappa shape index (κ2) is 6.45. The van der Waals surface area contributed by atoms with Crippen LogP contribution in [0.25, 0.3) is 0 Å². The predicted molar refractivity (Wildman–Crippen MR) is 83.4 cm³/mol. The largest absolute Gasteiger partial charge is 0.345 e. The maximum Gasteiger partial charge on any atom is 0.253 e. The van der Waals surface area contributed by atoms with Crippen LogP contribution in [0.3, 0.4) is 0 Å². The molecule has 0 spiro atoms. The molecule has 0 bridgehead atoms. The van der Waals surface area contributed by atoms with Crippen LogP contribution in [0.2, 0.25) is 5.02 Å². The minimum Gasteiger partial charge on any atom is -0.345 e. The average molecular weight is 310 g/mol. The van der Waals surface area contributed by atoms with Crippen LogP contribution in [0, 0.1) is 5.92 Å². The zero-order chi connectivity index (χ0) is 15.6. The van der Waals surface area contributed by atoms with E-state index in [4.69, 9.17) is 17.3 Å². The fourth-order valence-electron chi connectivity index (χ4n) is 2.12. The number of carbonyl (C=O) groups excluding carboxylic acids is 2. The lowest BCUT2D eigenvalue weighted by Gasteiger charge is -2.14. The number of hydrogen-bond donors (Lipinski definition) is 2. The zero-order valence-corrected chi connectivity index (χ0v) is 13.0. The number of hydrogen-bond acceptors (Lipinski definition) is 3. The van der Waals surface area contributed by atoms with Gasteiger partial charge in [-0.05, 0) is 37.0 Å². The summed E-state index contributed by atoms with van der Waals surface area (Å²) in [6.07, 6.45) is 2.47. The monoisotopic (exact) mass is 309 g/mol. The van der Waals surface area contributed by atoms with Crippen molar-refractivity contribution in [3.05, 3.63) is 28.8 Å².